The van der Waals surface area contributed by atoms with Gasteiger partial charge < -0.3 is 4.57 Å². The van der Waals surface area contributed by atoms with Gasteiger partial charge in [0.15, 0.2) is 0 Å². The Kier molecular flexibility index (Phi) is 2.75. The largest absolute Gasteiger partial charge is 0.340 e. The Morgan fingerprint density at radius 2 is 2.50 bits per heavy atom. The highest BCUT2D eigenvalue weighted by atomic mass is 35.5. The number of imidazole rings is 1. The van der Waals surface area contributed by atoms with Gasteiger partial charge in [0.1, 0.15) is 0 Å². The van der Waals surface area contributed by atoms with Crippen molar-refractivity contribution in [3.05, 3.63) is 18.2 Å². The van der Waals surface area contributed by atoms with Crippen molar-refractivity contribution in [2.75, 3.05) is 5.88 Å². The van der Waals surface area contributed by atoms with Crippen molar-refractivity contribution < 1.29 is 0 Å². The fourth-order valence-electron chi connectivity index (χ4n) is 0.844. The lowest BCUT2D eigenvalue weighted by Crippen LogP contribution is -1.85. The van der Waals surface area contributed by atoms with E-state index in [0.29, 0.717) is 0 Å². The lowest BCUT2D eigenvalue weighted by atomic mass is 10.3. The first-order valence-electron chi connectivity index (χ1n) is 3.35. The Balaban J connectivity index is 2.42. The van der Waals surface area contributed by atoms with E-state index in [0.717, 1.165) is 24.4 Å². The number of hydrogen-bond acceptors (Lipinski definition) is 1. The summed E-state index contributed by atoms with van der Waals surface area (Å²) in [6, 6.07) is 0. The van der Waals surface area contributed by atoms with E-state index < -0.39 is 0 Å². The van der Waals surface area contributed by atoms with Crippen molar-refractivity contribution >= 4 is 11.6 Å². The summed E-state index contributed by atoms with van der Waals surface area (Å²) in [5.74, 6) is 0.719. The van der Waals surface area contributed by atoms with Crippen LogP contribution in [0.15, 0.2) is 12.5 Å². The van der Waals surface area contributed by atoms with Gasteiger partial charge >= 0.3 is 0 Å². The lowest BCUT2D eigenvalue weighted by Gasteiger charge is -1.89. The molecule has 0 amide bonds. The molecule has 0 spiro atoms. The summed E-state index contributed by atoms with van der Waals surface area (Å²) < 4.78 is 1.95. The van der Waals surface area contributed by atoms with E-state index in [2.05, 4.69) is 4.98 Å². The first-order valence-corrected chi connectivity index (χ1v) is 3.89. The van der Waals surface area contributed by atoms with Crippen LogP contribution in [0.3, 0.4) is 0 Å². The molecular weight excluding hydrogens is 148 g/mol. The summed E-state index contributed by atoms with van der Waals surface area (Å²) in [7, 11) is 1.97. The molecule has 0 fully saturated rings. The smallest absolute Gasteiger partial charge is 0.0946 e. The van der Waals surface area contributed by atoms with Gasteiger partial charge in [0.2, 0.25) is 0 Å². The molecule has 0 aliphatic carbocycles. The molecule has 3 heteroatoms. The van der Waals surface area contributed by atoms with Crippen molar-refractivity contribution in [1.82, 2.24) is 9.55 Å². The molecule has 1 heterocycles. The van der Waals surface area contributed by atoms with E-state index in [9.17, 15) is 0 Å². The van der Waals surface area contributed by atoms with Gasteiger partial charge in [-0.3, -0.25) is 0 Å². The Labute approximate surface area is 65.8 Å². The average molecular weight is 159 g/mol. The zero-order chi connectivity index (χ0) is 7.40. The van der Waals surface area contributed by atoms with Crippen molar-refractivity contribution in [1.29, 1.82) is 0 Å². The van der Waals surface area contributed by atoms with Gasteiger partial charge in [-0.15, -0.1) is 11.6 Å². The molecule has 0 radical (unpaired) electrons. The van der Waals surface area contributed by atoms with Crippen LogP contribution >= 0.6 is 11.6 Å². The second-order valence-corrected chi connectivity index (χ2v) is 2.70. The van der Waals surface area contributed by atoms with Crippen molar-refractivity contribution in [3.8, 4) is 0 Å². The monoisotopic (exact) mass is 158 g/mol. The summed E-state index contributed by atoms with van der Waals surface area (Å²) >= 11 is 5.52. The number of rotatable bonds is 3. The van der Waals surface area contributed by atoms with E-state index in [1.807, 2.05) is 24.1 Å². The third-order valence-corrected chi connectivity index (χ3v) is 1.59. The van der Waals surface area contributed by atoms with Crippen LogP contribution in [-0.4, -0.2) is 15.4 Å². The van der Waals surface area contributed by atoms with E-state index in [1.165, 1.54) is 0 Å². The van der Waals surface area contributed by atoms with Gasteiger partial charge in [-0.1, -0.05) is 0 Å². The van der Waals surface area contributed by atoms with Crippen molar-refractivity contribution in [3.63, 3.8) is 0 Å². The van der Waals surface area contributed by atoms with Crippen LogP contribution < -0.4 is 0 Å². The van der Waals surface area contributed by atoms with Crippen LogP contribution in [0.5, 0.6) is 0 Å². The van der Waals surface area contributed by atoms with E-state index in [4.69, 9.17) is 11.6 Å². The Morgan fingerprint density at radius 1 is 1.70 bits per heavy atom. The molecule has 1 rings (SSSR count). The summed E-state index contributed by atoms with van der Waals surface area (Å²) in [5.41, 5.74) is 1.13. The third-order valence-electron chi connectivity index (χ3n) is 1.32. The second-order valence-electron chi connectivity index (χ2n) is 2.32. The van der Waals surface area contributed by atoms with Crippen molar-refractivity contribution in [2.24, 2.45) is 7.05 Å². The summed E-state index contributed by atoms with van der Waals surface area (Å²) in [5, 5.41) is 0. The maximum Gasteiger partial charge on any atom is 0.0946 e. The summed E-state index contributed by atoms with van der Waals surface area (Å²) in [6.07, 6.45) is 5.83. The van der Waals surface area contributed by atoms with Gasteiger partial charge in [-0.05, 0) is 12.8 Å². The fourth-order valence-corrected chi connectivity index (χ4v) is 0.978. The molecule has 1 aromatic heterocycles. The standard InChI is InChI=1S/C7H11ClN2/c1-10-5-7(9-6-10)3-2-4-8/h5-6H,2-4H2,1H3. The second kappa shape index (κ2) is 3.62. The third kappa shape index (κ3) is 2.03. The molecule has 0 aliphatic rings. The number of aryl methyl sites for hydroxylation is 2. The molecule has 56 valence electrons. The van der Waals surface area contributed by atoms with Gasteiger partial charge in [0.25, 0.3) is 0 Å². The zero-order valence-electron chi connectivity index (χ0n) is 6.05. The average Bonchev–Trinajstić information content (AvgIpc) is 2.31. The molecular formula is C7H11ClN2. The quantitative estimate of drug-likeness (QED) is 0.611. The predicted octanol–water partition coefficient (Wildman–Crippen LogP) is 1.59. The molecule has 0 N–H and O–H groups in total. The van der Waals surface area contributed by atoms with Crippen LogP contribution in [0, 0.1) is 0 Å². The molecule has 0 aromatic carbocycles. The number of alkyl halides is 1. The minimum atomic E-state index is 0.719. The van der Waals surface area contributed by atoms with Crippen molar-refractivity contribution in [2.45, 2.75) is 12.8 Å². The highest BCUT2D eigenvalue weighted by Gasteiger charge is 1.93. The predicted molar refractivity (Wildman–Crippen MR) is 42.2 cm³/mol. The summed E-state index contributed by atoms with van der Waals surface area (Å²) in [6.45, 7) is 0. The van der Waals surface area contributed by atoms with Crippen LogP contribution in [-0.2, 0) is 13.5 Å². The number of nitrogens with zero attached hydrogens (tertiary/aromatic N) is 2. The molecule has 0 atom stereocenters. The Morgan fingerprint density at radius 3 is 3.00 bits per heavy atom. The lowest BCUT2D eigenvalue weighted by molar-refractivity contribution is 0.889. The van der Waals surface area contributed by atoms with Gasteiger partial charge in [0, 0.05) is 19.1 Å². The minimum Gasteiger partial charge on any atom is -0.340 e. The molecule has 10 heavy (non-hydrogen) atoms. The SMILES string of the molecule is Cn1cnc(CCCCl)c1. The van der Waals surface area contributed by atoms with E-state index >= 15 is 0 Å². The molecule has 0 aliphatic heterocycles. The molecule has 2 nitrogen and oxygen atoms in total. The first-order chi connectivity index (χ1) is 4.83. The first kappa shape index (κ1) is 7.61. The van der Waals surface area contributed by atoms with E-state index in [-0.39, 0.29) is 0 Å². The van der Waals surface area contributed by atoms with Gasteiger partial charge in [0.05, 0.1) is 12.0 Å². The normalized spacial score (nSPS) is 10.2. The maximum atomic E-state index is 5.52. The molecule has 0 saturated carbocycles. The highest BCUT2D eigenvalue weighted by Crippen LogP contribution is 1.99. The van der Waals surface area contributed by atoms with Crippen LogP contribution in [0.25, 0.3) is 0 Å². The highest BCUT2D eigenvalue weighted by molar-refractivity contribution is 6.17. The fraction of sp³-hybridized carbons (Fsp3) is 0.571. The number of hydrogen-bond donors (Lipinski definition) is 0. The van der Waals surface area contributed by atoms with Crippen LogP contribution in [0.4, 0.5) is 0 Å². The Hall–Kier alpha value is -0.500. The topological polar surface area (TPSA) is 17.8 Å². The van der Waals surface area contributed by atoms with Gasteiger partial charge in [-0.2, -0.15) is 0 Å². The molecule has 0 unspecified atom stereocenters. The molecule has 0 saturated heterocycles. The van der Waals surface area contributed by atoms with Crippen LogP contribution in [0.1, 0.15) is 12.1 Å². The number of halogens is 1. The Bertz CT molecular complexity index is 195. The number of aromatic nitrogens is 2. The zero-order valence-corrected chi connectivity index (χ0v) is 6.80. The van der Waals surface area contributed by atoms with E-state index in [1.54, 1.807) is 0 Å². The molecule has 1 aromatic rings. The van der Waals surface area contributed by atoms with Crippen LogP contribution in [0.2, 0.25) is 0 Å². The minimum absolute atomic E-state index is 0.719. The summed E-state index contributed by atoms with van der Waals surface area (Å²) in [4.78, 5) is 4.16. The molecule has 0 bridgehead atoms. The maximum absolute atomic E-state index is 5.52. The van der Waals surface area contributed by atoms with Gasteiger partial charge in [-0.25, -0.2) is 4.98 Å².